The predicted octanol–water partition coefficient (Wildman–Crippen LogP) is 4.04. The first-order valence-corrected chi connectivity index (χ1v) is 11.1. The summed E-state index contributed by atoms with van der Waals surface area (Å²) < 4.78 is 14.1. The van der Waals surface area contributed by atoms with Crippen molar-refractivity contribution in [2.45, 2.75) is 38.0 Å². The summed E-state index contributed by atoms with van der Waals surface area (Å²) in [4.78, 5) is 30.9. The number of benzene rings is 2. The van der Waals surface area contributed by atoms with Crippen LogP contribution in [0.4, 0.5) is 15.8 Å². The summed E-state index contributed by atoms with van der Waals surface area (Å²) in [6.45, 7) is 2.43. The van der Waals surface area contributed by atoms with E-state index in [0.29, 0.717) is 54.0 Å². The Morgan fingerprint density at radius 3 is 2.67 bits per heavy atom. The van der Waals surface area contributed by atoms with Crippen LogP contribution in [0.1, 0.15) is 38.2 Å². The highest BCUT2D eigenvalue weighted by Gasteiger charge is 2.62. The van der Waals surface area contributed by atoms with Crippen LogP contribution in [0, 0.1) is 17.1 Å². The van der Waals surface area contributed by atoms with Gasteiger partial charge in [-0.25, -0.2) is 4.39 Å². The molecule has 1 aliphatic carbocycles. The molecule has 0 saturated carbocycles. The molecule has 33 heavy (non-hydrogen) atoms. The van der Waals surface area contributed by atoms with Crippen molar-refractivity contribution >= 4 is 23.1 Å². The lowest BCUT2D eigenvalue weighted by Crippen LogP contribution is -2.52. The number of fused-ring (bicyclic) bond motifs is 3. The zero-order valence-electron chi connectivity index (χ0n) is 18.3. The van der Waals surface area contributed by atoms with Crippen molar-refractivity contribution in [3.63, 3.8) is 0 Å². The Balaban J connectivity index is 1.88. The molecule has 1 spiro atoms. The number of anilines is 2. The second-order valence-electron chi connectivity index (χ2n) is 8.51. The quantitative estimate of drug-likeness (QED) is 0.775. The summed E-state index contributed by atoms with van der Waals surface area (Å²) in [5, 5.41) is 10.3. The first-order valence-electron chi connectivity index (χ1n) is 11.1. The maximum Gasteiger partial charge on any atom is 0.247 e. The molecule has 0 bridgehead atoms. The molecular weight excluding hydrogens is 419 g/mol. The lowest BCUT2D eigenvalue weighted by molar-refractivity contribution is -0.124. The van der Waals surface area contributed by atoms with Crippen molar-refractivity contribution in [2.75, 3.05) is 16.3 Å². The zero-order valence-corrected chi connectivity index (χ0v) is 18.3. The number of hydrogen-bond donors (Lipinski definition) is 1. The molecular formula is C26H23FN4O2. The number of carbonyl (C=O) groups is 2. The number of Topliss-reactive ketones (excluding diaryl/α,β-unsaturated/α-hetero) is 1. The van der Waals surface area contributed by atoms with E-state index in [0.717, 1.165) is 0 Å². The first-order chi connectivity index (χ1) is 16.0. The molecule has 2 N–H and O–H groups in total. The smallest absolute Gasteiger partial charge is 0.247 e. The second-order valence-corrected chi connectivity index (χ2v) is 8.51. The van der Waals surface area contributed by atoms with Crippen LogP contribution in [0.3, 0.4) is 0 Å². The van der Waals surface area contributed by atoms with Crippen LogP contribution in [0.2, 0.25) is 0 Å². The highest BCUT2D eigenvalue weighted by molar-refractivity contribution is 6.20. The van der Waals surface area contributed by atoms with E-state index >= 15 is 0 Å². The summed E-state index contributed by atoms with van der Waals surface area (Å²) in [7, 11) is 0. The van der Waals surface area contributed by atoms with Gasteiger partial charge in [-0.3, -0.25) is 14.5 Å². The van der Waals surface area contributed by atoms with Gasteiger partial charge in [-0.1, -0.05) is 31.2 Å². The second kappa shape index (κ2) is 7.59. The normalized spacial score (nSPS) is 22.1. The van der Waals surface area contributed by atoms with Gasteiger partial charge < -0.3 is 10.6 Å². The van der Waals surface area contributed by atoms with Crippen molar-refractivity contribution in [2.24, 2.45) is 5.73 Å². The topological polar surface area (TPSA) is 90.4 Å². The maximum absolute atomic E-state index is 14.2. The fraction of sp³-hybridized carbons (Fsp3) is 0.269. The van der Waals surface area contributed by atoms with Crippen LogP contribution in [0.5, 0.6) is 0 Å². The Kier molecular flexibility index (Phi) is 4.82. The van der Waals surface area contributed by atoms with Gasteiger partial charge in [0.25, 0.3) is 0 Å². The first kappa shape index (κ1) is 21.0. The Labute approximate surface area is 191 Å². The van der Waals surface area contributed by atoms with Gasteiger partial charge in [0.1, 0.15) is 23.1 Å². The van der Waals surface area contributed by atoms with E-state index in [-0.39, 0.29) is 29.5 Å². The number of hydrogen-bond acceptors (Lipinski definition) is 5. The molecule has 1 atom stereocenters. The molecule has 2 aromatic carbocycles. The molecule has 2 aliphatic heterocycles. The maximum atomic E-state index is 14.2. The van der Waals surface area contributed by atoms with Crippen molar-refractivity contribution in [1.29, 1.82) is 5.26 Å². The van der Waals surface area contributed by atoms with Gasteiger partial charge in [-0.15, -0.1) is 0 Å². The molecule has 0 saturated heterocycles. The minimum atomic E-state index is -1.58. The van der Waals surface area contributed by atoms with Crippen molar-refractivity contribution in [1.82, 2.24) is 0 Å². The average molecular weight is 442 g/mol. The Morgan fingerprint density at radius 1 is 1.15 bits per heavy atom. The fourth-order valence-corrected chi connectivity index (χ4v) is 5.48. The number of allylic oxidation sites excluding steroid dienone is 1. The Bertz CT molecular complexity index is 1310. The third kappa shape index (κ3) is 2.70. The average Bonchev–Trinajstić information content (AvgIpc) is 3.04. The minimum Gasteiger partial charge on any atom is -0.384 e. The van der Waals surface area contributed by atoms with Gasteiger partial charge in [0.2, 0.25) is 5.91 Å². The number of amides is 1. The molecule has 2 heterocycles. The molecule has 0 aromatic heterocycles. The number of halogens is 1. The zero-order chi connectivity index (χ0) is 23.3. The molecule has 0 unspecified atom stereocenters. The van der Waals surface area contributed by atoms with Gasteiger partial charge in [-0.2, -0.15) is 5.26 Å². The number of nitrogens with two attached hydrogens (primary N) is 1. The summed E-state index contributed by atoms with van der Waals surface area (Å²) in [6.07, 6.45) is 2.07. The largest absolute Gasteiger partial charge is 0.384 e. The highest BCUT2D eigenvalue weighted by Crippen LogP contribution is 2.56. The standard InChI is InChI=1S/C26H23FN4O2/c1-2-13-30-20-10-4-3-9-18(20)26(25(30)33)19(15-28)24(29)31(17-8-5-7-16(27)14-17)21-11-6-12-22(32)23(21)26/h3-5,7-10,14H,2,6,11-13,29H2,1H3/t26-/m1/s1. The van der Waals surface area contributed by atoms with Gasteiger partial charge in [0.15, 0.2) is 5.78 Å². The van der Waals surface area contributed by atoms with E-state index in [1.807, 2.05) is 19.1 Å². The Morgan fingerprint density at radius 2 is 1.94 bits per heavy atom. The van der Waals surface area contributed by atoms with Crippen LogP contribution in [0.25, 0.3) is 0 Å². The SMILES string of the molecule is CCCN1C(=O)[C@@]2(C(C#N)=C(N)N(c3cccc(F)c3)C3=C2C(=O)CCC3)c2ccccc21. The molecule has 3 aliphatic rings. The van der Waals surface area contributed by atoms with Crippen LogP contribution in [-0.4, -0.2) is 18.2 Å². The summed E-state index contributed by atoms with van der Waals surface area (Å²) >= 11 is 0. The molecule has 6 nitrogen and oxygen atoms in total. The van der Waals surface area contributed by atoms with Gasteiger partial charge in [0.05, 0.1) is 11.3 Å². The van der Waals surface area contributed by atoms with E-state index in [2.05, 4.69) is 6.07 Å². The predicted molar refractivity (Wildman–Crippen MR) is 122 cm³/mol. The van der Waals surface area contributed by atoms with Crippen LogP contribution >= 0.6 is 0 Å². The molecule has 166 valence electrons. The lowest BCUT2D eigenvalue weighted by atomic mass is 9.64. The fourth-order valence-electron chi connectivity index (χ4n) is 5.48. The van der Waals surface area contributed by atoms with E-state index in [1.54, 1.807) is 34.1 Å². The van der Waals surface area contributed by atoms with Gasteiger partial charge in [0, 0.05) is 35.5 Å². The number of carbonyl (C=O) groups excluding carboxylic acids is 2. The van der Waals surface area contributed by atoms with Crippen LogP contribution in [-0.2, 0) is 15.0 Å². The molecule has 7 heteroatoms. The van der Waals surface area contributed by atoms with E-state index in [4.69, 9.17) is 5.73 Å². The van der Waals surface area contributed by atoms with Crippen LogP contribution < -0.4 is 15.5 Å². The molecule has 2 aromatic rings. The van der Waals surface area contributed by atoms with E-state index in [1.165, 1.54) is 12.1 Å². The number of nitriles is 1. The van der Waals surface area contributed by atoms with Gasteiger partial charge in [-0.05, 0) is 43.5 Å². The van der Waals surface area contributed by atoms with E-state index in [9.17, 15) is 19.2 Å². The number of nitrogens with zero attached hydrogens (tertiary/aromatic N) is 3. The third-order valence-corrected chi connectivity index (χ3v) is 6.69. The highest BCUT2D eigenvalue weighted by atomic mass is 19.1. The number of rotatable bonds is 3. The number of ketones is 1. The van der Waals surface area contributed by atoms with Crippen molar-refractivity contribution < 1.29 is 14.0 Å². The summed E-state index contributed by atoms with van der Waals surface area (Å²) in [6, 6.07) is 15.3. The molecule has 1 amide bonds. The minimum absolute atomic E-state index is 0.0109. The van der Waals surface area contributed by atoms with Crippen LogP contribution in [0.15, 0.2) is 71.2 Å². The van der Waals surface area contributed by atoms with Gasteiger partial charge >= 0.3 is 0 Å². The molecule has 0 radical (unpaired) electrons. The third-order valence-electron chi connectivity index (χ3n) is 6.69. The van der Waals surface area contributed by atoms with E-state index < -0.39 is 11.2 Å². The molecule has 0 fully saturated rings. The number of para-hydroxylation sites is 1. The summed E-state index contributed by atoms with van der Waals surface area (Å²) in [5.41, 5.74) is 7.60. The monoisotopic (exact) mass is 442 g/mol. The molecule has 5 rings (SSSR count). The van der Waals surface area contributed by atoms with Crippen molar-refractivity contribution in [3.8, 4) is 6.07 Å². The lowest BCUT2D eigenvalue weighted by Gasteiger charge is -2.43. The Hall–Kier alpha value is -3.92. The summed E-state index contributed by atoms with van der Waals surface area (Å²) in [5.74, 6) is -0.913. The van der Waals surface area contributed by atoms with Crippen molar-refractivity contribution in [3.05, 3.63) is 82.6 Å².